The van der Waals surface area contributed by atoms with E-state index in [-0.39, 0.29) is 0 Å². The van der Waals surface area contributed by atoms with E-state index in [0.717, 1.165) is 22.3 Å². The van der Waals surface area contributed by atoms with E-state index in [9.17, 15) is 0 Å². The fourth-order valence-corrected chi connectivity index (χ4v) is 1.80. The van der Waals surface area contributed by atoms with E-state index in [1.807, 2.05) is 19.3 Å². The Morgan fingerprint density at radius 2 is 2.31 bits per heavy atom. The van der Waals surface area contributed by atoms with Gasteiger partial charge >= 0.3 is 0 Å². The number of hydrogen-bond acceptors (Lipinski definition) is 4. The Labute approximate surface area is 91.5 Å². The molecule has 3 rings (SSSR count). The van der Waals surface area contributed by atoms with Crippen LogP contribution in [0.15, 0.2) is 35.3 Å². The maximum atomic E-state index is 5.29. The molecule has 0 atom stereocenters. The number of nitrogens with one attached hydrogen (secondary N) is 2. The molecule has 0 fully saturated rings. The van der Waals surface area contributed by atoms with Crippen LogP contribution < -0.4 is 5.32 Å². The molecule has 0 amide bonds. The monoisotopic (exact) mass is 214 g/mol. The molecule has 5 heteroatoms. The maximum absolute atomic E-state index is 5.29. The third kappa shape index (κ3) is 1.18. The molecule has 0 saturated carbocycles. The van der Waals surface area contributed by atoms with Crippen molar-refractivity contribution in [2.75, 3.05) is 12.4 Å². The second-order valence-electron chi connectivity index (χ2n) is 3.37. The average Bonchev–Trinajstić information content (AvgIpc) is 2.97. The molecule has 80 valence electrons. The minimum atomic E-state index is 0.569. The van der Waals surface area contributed by atoms with Gasteiger partial charge in [0.2, 0.25) is 5.89 Å². The predicted octanol–water partition coefficient (Wildman–Crippen LogP) is 2.26. The first-order chi connectivity index (χ1) is 7.90. The van der Waals surface area contributed by atoms with Gasteiger partial charge in [-0.3, -0.25) is 0 Å². The summed E-state index contributed by atoms with van der Waals surface area (Å²) in [7, 11) is 1.87. The summed E-state index contributed by atoms with van der Waals surface area (Å²) in [6.45, 7) is 0. The van der Waals surface area contributed by atoms with Gasteiger partial charge in [-0.15, -0.1) is 0 Å². The number of anilines is 1. The Balaban J connectivity index is 2.32. The zero-order valence-corrected chi connectivity index (χ0v) is 8.69. The summed E-state index contributed by atoms with van der Waals surface area (Å²) in [5.41, 5.74) is 2.67. The number of H-pyrrole nitrogens is 1. The van der Waals surface area contributed by atoms with E-state index in [1.165, 1.54) is 0 Å². The number of aromatic amines is 1. The number of nitrogens with zero attached hydrogens (tertiary/aromatic N) is 2. The topological polar surface area (TPSA) is 66.7 Å². The van der Waals surface area contributed by atoms with Crippen molar-refractivity contribution in [3.05, 3.63) is 30.9 Å². The van der Waals surface area contributed by atoms with Gasteiger partial charge in [-0.2, -0.15) is 0 Å². The molecular formula is C11H10N4O. The van der Waals surface area contributed by atoms with Crippen LogP contribution in [0.2, 0.25) is 0 Å². The molecule has 3 aromatic heterocycles. The van der Waals surface area contributed by atoms with Crippen molar-refractivity contribution >= 4 is 16.7 Å². The third-order valence-electron chi connectivity index (χ3n) is 2.50. The lowest BCUT2D eigenvalue weighted by atomic mass is 10.2. The van der Waals surface area contributed by atoms with E-state index < -0.39 is 0 Å². The third-order valence-corrected chi connectivity index (χ3v) is 2.50. The number of hydrogen-bond donors (Lipinski definition) is 2. The molecule has 0 unspecified atom stereocenters. The summed E-state index contributed by atoms with van der Waals surface area (Å²) in [6, 6.07) is 1.97. The normalized spacial score (nSPS) is 10.8. The number of oxazole rings is 1. The molecule has 0 spiro atoms. The van der Waals surface area contributed by atoms with Crippen LogP contribution in [-0.2, 0) is 0 Å². The zero-order chi connectivity index (χ0) is 11.0. The molecule has 0 bridgehead atoms. The highest BCUT2D eigenvalue weighted by atomic mass is 16.3. The highest BCUT2D eigenvalue weighted by Crippen LogP contribution is 2.31. The summed E-state index contributed by atoms with van der Waals surface area (Å²) in [5.74, 6) is 0.569. The molecule has 3 aromatic rings. The Kier molecular flexibility index (Phi) is 1.89. The van der Waals surface area contributed by atoms with Crippen LogP contribution in [0.1, 0.15) is 0 Å². The van der Waals surface area contributed by atoms with Gasteiger partial charge in [0.1, 0.15) is 11.9 Å². The smallest absolute Gasteiger partial charge is 0.229 e. The second kappa shape index (κ2) is 3.37. The van der Waals surface area contributed by atoms with Gasteiger partial charge in [-0.1, -0.05) is 0 Å². The molecular weight excluding hydrogens is 204 g/mol. The second-order valence-corrected chi connectivity index (χ2v) is 3.37. The SMILES string of the molecule is CNc1c(-c2ncco2)cnc2[nH]ccc12. The fraction of sp³-hybridized carbons (Fsp3) is 0.0909. The molecule has 0 radical (unpaired) electrons. The largest absolute Gasteiger partial charge is 0.444 e. The molecule has 0 aliphatic rings. The van der Waals surface area contributed by atoms with Gasteiger partial charge in [-0.25, -0.2) is 9.97 Å². The number of aromatic nitrogens is 3. The standard InChI is InChI=1S/C11H10N4O/c1-12-9-7-2-3-13-10(7)15-6-8(9)11-14-4-5-16-11/h2-6H,1H3,(H2,12,13,15). The van der Waals surface area contributed by atoms with Crippen LogP contribution in [0.4, 0.5) is 5.69 Å². The summed E-state index contributed by atoms with van der Waals surface area (Å²) in [6.07, 6.45) is 6.78. The Morgan fingerprint density at radius 1 is 1.38 bits per heavy atom. The number of pyridine rings is 1. The molecule has 16 heavy (non-hydrogen) atoms. The first-order valence-electron chi connectivity index (χ1n) is 4.94. The summed E-state index contributed by atoms with van der Waals surface area (Å²) in [4.78, 5) is 11.5. The molecule has 3 heterocycles. The van der Waals surface area contributed by atoms with Crippen LogP contribution >= 0.6 is 0 Å². The van der Waals surface area contributed by atoms with E-state index in [0.29, 0.717) is 5.89 Å². The lowest BCUT2D eigenvalue weighted by molar-refractivity contribution is 0.574. The van der Waals surface area contributed by atoms with Crippen LogP contribution in [0.25, 0.3) is 22.5 Å². The molecule has 5 nitrogen and oxygen atoms in total. The molecule has 2 N–H and O–H groups in total. The quantitative estimate of drug-likeness (QED) is 0.686. The van der Waals surface area contributed by atoms with Crippen molar-refractivity contribution in [2.45, 2.75) is 0 Å². The first kappa shape index (κ1) is 8.96. The van der Waals surface area contributed by atoms with Gasteiger partial charge in [0.25, 0.3) is 0 Å². The molecule has 0 aliphatic carbocycles. The van der Waals surface area contributed by atoms with Crippen molar-refractivity contribution < 1.29 is 4.42 Å². The maximum Gasteiger partial charge on any atom is 0.229 e. The Bertz CT molecular complexity index is 612. The minimum absolute atomic E-state index is 0.569. The molecule has 0 aromatic carbocycles. The van der Waals surface area contributed by atoms with E-state index in [2.05, 4.69) is 20.3 Å². The lowest BCUT2D eigenvalue weighted by Gasteiger charge is -2.06. The predicted molar refractivity (Wildman–Crippen MR) is 61.1 cm³/mol. The van der Waals surface area contributed by atoms with Gasteiger partial charge in [0, 0.05) is 24.8 Å². The average molecular weight is 214 g/mol. The highest BCUT2D eigenvalue weighted by Gasteiger charge is 2.12. The summed E-state index contributed by atoms with van der Waals surface area (Å²) >= 11 is 0. The van der Waals surface area contributed by atoms with Crippen molar-refractivity contribution in [1.82, 2.24) is 15.0 Å². The van der Waals surface area contributed by atoms with Crippen LogP contribution in [0, 0.1) is 0 Å². The van der Waals surface area contributed by atoms with E-state index in [4.69, 9.17) is 4.42 Å². The highest BCUT2D eigenvalue weighted by molar-refractivity contribution is 5.96. The zero-order valence-electron chi connectivity index (χ0n) is 8.69. The van der Waals surface area contributed by atoms with Gasteiger partial charge < -0.3 is 14.7 Å². The first-order valence-corrected chi connectivity index (χ1v) is 4.94. The Morgan fingerprint density at radius 3 is 3.06 bits per heavy atom. The van der Waals surface area contributed by atoms with E-state index >= 15 is 0 Å². The minimum Gasteiger partial charge on any atom is -0.444 e. The van der Waals surface area contributed by atoms with Crippen LogP contribution in [-0.4, -0.2) is 22.0 Å². The van der Waals surface area contributed by atoms with Crippen molar-refractivity contribution in [3.8, 4) is 11.5 Å². The van der Waals surface area contributed by atoms with Crippen molar-refractivity contribution in [1.29, 1.82) is 0 Å². The fourth-order valence-electron chi connectivity index (χ4n) is 1.80. The van der Waals surface area contributed by atoms with Crippen LogP contribution in [0.3, 0.4) is 0 Å². The Hall–Kier alpha value is -2.30. The molecule has 0 aliphatic heterocycles. The summed E-state index contributed by atoms with van der Waals surface area (Å²) in [5, 5.41) is 4.18. The van der Waals surface area contributed by atoms with Gasteiger partial charge in [0.15, 0.2) is 0 Å². The van der Waals surface area contributed by atoms with Crippen molar-refractivity contribution in [3.63, 3.8) is 0 Å². The number of rotatable bonds is 2. The summed E-state index contributed by atoms with van der Waals surface area (Å²) < 4.78 is 5.29. The molecule has 0 saturated heterocycles. The number of fused-ring (bicyclic) bond motifs is 1. The lowest BCUT2D eigenvalue weighted by Crippen LogP contribution is -1.94. The van der Waals surface area contributed by atoms with Gasteiger partial charge in [0.05, 0.1) is 17.4 Å². The van der Waals surface area contributed by atoms with Crippen LogP contribution in [0.5, 0.6) is 0 Å². The van der Waals surface area contributed by atoms with Crippen molar-refractivity contribution in [2.24, 2.45) is 0 Å². The van der Waals surface area contributed by atoms with Gasteiger partial charge in [-0.05, 0) is 6.07 Å². The van der Waals surface area contributed by atoms with E-state index in [1.54, 1.807) is 18.7 Å².